The standard InChI is InChI=1S/C17H26BrNO2/c1-12(13-7-5-4-6-8-13)19-11-14-9-16(20-2)17(21-3)10-15(14)18/h9-10,12-13,19H,4-8,11H2,1-3H3/t12-/m1/s1. The van der Waals surface area contributed by atoms with E-state index in [0.29, 0.717) is 6.04 Å². The van der Waals surface area contributed by atoms with Crippen LogP contribution in [0.5, 0.6) is 11.5 Å². The summed E-state index contributed by atoms with van der Waals surface area (Å²) in [5.41, 5.74) is 1.20. The molecule has 0 aromatic heterocycles. The Balaban J connectivity index is 1.98. The second kappa shape index (κ2) is 8.04. The Morgan fingerprint density at radius 2 is 1.76 bits per heavy atom. The average molecular weight is 356 g/mol. The van der Waals surface area contributed by atoms with Gasteiger partial charge in [0.05, 0.1) is 14.2 Å². The van der Waals surface area contributed by atoms with Gasteiger partial charge in [-0.05, 0) is 43.4 Å². The molecular formula is C17H26BrNO2. The fourth-order valence-corrected chi connectivity index (χ4v) is 3.57. The lowest BCUT2D eigenvalue weighted by molar-refractivity contribution is 0.280. The summed E-state index contributed by atoms with van der Waals surface area (Å²) in [6.07, 6.45) is 6.90. The first kappa shape index (κ1) is 16.6. The quantitative estimate of drug-likeness (QED) is 0.813. The summed E-state index contributed by atoms with van der Waals surface area (Å²) in [5, 5.41) is 3.67. The van der Waals surface area contributed by atoms with E-state index in [9.17, 15) is 0 Å². The number of methoxy groups -OCH3 is 2. The number of nitrogens with one attached hydrogen (secondary N) is 1. The molecule has 21 heavy (non-hydrogen) atoms. The lowest BCUT2D eigenvalue weighted by Gasteiger charge is -2.28. The molecule has 2 rings (SSSR count). The van der Waals surface area contributed by atoms with Gasteiger partial charge in [0, 0.05) is 17.1 Å². The van der Waals surface area contributed by atoms with Crippen molar-refractivity contribution in [3.8, 4) is 11.5 Å². The number of benzene rings is 1. The highest BCUT2D eigenvalue weighted by atomic mass is 79.9. The molecule has 1 atom stereocenters. The topological polar surface area (TPSA) is 30.5 Å². The SMILES string of the molecule is COc1cc(Br)c(CN[C@H](C)C2CCCCC2)cc1OC. The molecule has 1 saturated carbocycles. The number of ether oxygens (including phenoxy) is 2. The van der Waals surface area contributed by atoms with Crippen LogP contribution in [0.15, 0.2) is 16.6 Å². The van der Waals surface area contributed by atoms with Crippen LogP contribution in [0.4, 0.5) is 0 Å². The van der Waals surface area contributed by atoms with Gasteiger partial charge >= 0.3 is 0 Å². The Labute approximate surface area is 136 Å². The zero-order chi connectivity index (χ0) is 15.2. The van der Waals surface area contributed by atoms with Crippen LogP contribution in [0, 0.1) is 5.92 Å². The van der Waals surface area contributed by atoms with Crippen LogP contribution in [0.3, 0.4) is 0 Å². The zero-order valence-corrected chi connectivity index (χ0v) is 14.8. The molecule has 0 amide bonds. The molecule has 0 aliphatic heterocycles. The third-order valence-corrected chi connectivity index (χ3v) is 5.26. The third kappa shape index (κ3) is 4.36. The smallest absolute Gasteiger partial charge is 0.161 e. The van der Waals surface area contributed by atoms with Gasteiger partial charge in [0.25, 0.3) is 0 Å². The van der Waals surface area contributed by atoms with Crippen molar-refractivity contribution in [2.45, 2.75) is 51.6 Å². The maximum Gasteiger partial charge on any atom is 0.161 e. The predicted molar refractivity (Wildman–Crippen MR) is 90.1 cm³/mol. The maximum atomic E-state index is 5.38. The Hall–Kier alpha value is -0.740. The van der Waals surface area contributed by atoms with Crippen molar-refractivity contribution >= 4 is 15.9 Å². The minimum atomic E-state index is 0.560. The maximum absolute atomic E-state index is 5.38. The molecule has 118 valence electrons. The molecule has 0 unspecified atom stereocenters. The molecule has 1 N–H and O–H groups in total. The van der Waals surface area contributed by atoms with Gasteiger partial charge in [-0.2, -0.15) is 0 Å². The van der Waals surface area contributed by atoms with Crippen LogP contribution in [0.1, 0.15) is 44.6 Å². The van der Waals surface area contributed by atoms with Gasteiger partial charge in [0.2, 0.25) is 0 Å². The molecule has 0 saturated heterocycles. The van der Waals surface area contributed by atoms with E-state index >= 15 is 0 Å². The molecule has 0 bridgehead atoms. The van der Waals surface area contributed by atoms with Crippen LogP contribution >= 0.6 is 15.9 Å². The van der Waals surface area contributed by atoms with E-state index in [2.05, 4.69) is 28.2 Å². The molecule has 1 fully saturated rings. The van der Waals surface area contributed by atoms with Gasteiger partial charge in [-0.1, -0.05) is 35.2 Å². The highest BCUT2D eigenvalue weighted by molar-refractivity contribution is 9.10. The minimum absolute atomic E-state index is 0.560. The normalized spacial score (nSPS) is 17.5. The monoisotopic (exact) mass is 355 g/mol. The first-order chi connectivity index (χ1) is 10.2. The Kier molecular flexibility index (Phi) is 6.37. The van der Waals surface area contributed by atoms with Gasteiger partial charge in [-0.3, -0.25) is 0 Å². The summed E-state index contributed by atoms with van der Waals surface area (Å²) >= 11 is 3.62. The summed E-state index contributed by atoms with van der Waals surface area (Å²) in [6, 6.07) is 4.58. The second-order valence-electron chi connectivity index (χ2n) is 5.87. The van der Waals surface area contributed by atoms with Crippen molar-refractivity contribution in [3.63, 3.8) is 0 Å². The Bertz CT molecular complexity index is 458. The molecule has 0 heterocycles. The second-order valence-corrected chi connectivity index (χ2v) is 6.72. The van der Waals surface area contributed by atoms with E-state index in [1.165, 1.54) is 37.7 Å². The van der Waals surface area contributed by atoms with E-state index in [1.54, 1.807) is 14.2 Å². The Morgan fingerprint density at radius 1 is 1.14 bits per heavy atom. The fraction of sp³-hybridized carbons (Fsp3) is 0.647. The molecule has 1 aromatic rings. The van der Waals surface area contributed by atoms with E-state index in [1.807, 2.05) is 12.1 Å². The third-order valence-electron chi connectivity index (χ3n) is 4.52. The van der Waals surface area contributed by atoms with Crippen molar-refractivity contribution in [1.82, 2.24) is 5.32 Å². The van der Waals surface area contributed by atoms with E-state index in [-0.39, 0.29) is 0 Å². The highest BCUT2D eigenvalue weighted by Gasteiger charge is 2.20. The van der Waals surface area contributed by atoms with Gasteiger partial charge in [0.1, 0.15) is 0 Å². The van der Waals surface area contributed by atoms with Gasteiger partial charge in [0.15, 0.2) is 11.5 Å². The molecule has 3 nitrogen and oxygen atoms in total. The first-order valence-corrected chi connectivity index (χ1v) is 8.58. The fourth-order valence-electron chi connectivity index (χ4n) is 3.10. The van der Waals surface area contributed by atoms with Gasteiger partial charge in [-0.15, -0.1) is 0 Å². The van der Waals surface area contributed by atoms with Crippen LogP contribution < -0.4 is 14.8 Å². The molecule has 0 spiro atoms. The predicted octanol–water partition coefficient (Wildman–Crippen LogP) is 4.52. The van der Waals surface area contributed by atoms with E-state index in [0.717, 1.165) is 28.4 Å². The van der Waals surface area contributed by atoms with Crippen molar-refractivity contribution in [2.75, 3.05) is 14.2 Å². The summed E-state index contributed by atoms with van der Waals surface area (Å²) in [6.45, 7) is 3.16. The molecule has 0 radical (unpaired) electrons. The summed E-state index contributed by atoms with van der Waals surface area (Å²) in [5.74, 6) is 2.36. The van der Waals surface area contributed by atoms with Crippen molar-refractivity contribution in [2.24, 2.45) is 5.92 Å². The van der Waals surface area contributed by atoms with Crippen molar-refractivity contribution in [3.05, 3.63) is 22.2 Å². The van der Waals surface area contributed by atoms with Crippen LogP contribution in [-0.2, 0) is 6.54 Å². The van der Waals surface area contributed by atoms with Crippen LogP contribution in [0.25, 0.3) is 0 Å². The lowest BCUT2D eigenvalue weighted by atomic mass is 9.84. The van der Waals surface area contributed by atoms with Gasteiger partial charge in [-0.25, -0.2) is 0 Å². The number of halogens is 1. The number of hydrogen-bond donors (Lipinski definition) is 1. The summed E-state index contributed by atoms with van der Waals surface area (Å²) in [7, 11) is 3.33. The molecule has 1 aromatic carbocycles. The zero-order valence-electron chi connectivity index (χ0n) is 13.2. The molecule has 1 aliphatic rings. The molecule has 1 aliphatic carbocycles. The summed E-state index contributed by atoms with van der Waals surface area (Å²) < 4.78 is 11.8. The van der Waals surface area contributed by atoms with Crippen LogP contribution in [0.2, 0.25) is 0 Å². The van der Waals surface area contributed by atoms with E-state index in [4.69, 9.17) is 9.47 Å². The summed E-state index contributed by atoms with van der Waals surface area (Å²) in [4.78, 5) is 0. The average Bonchev–Trinajstić information content (AvgIpc) is 2.53. The van der Waals surface area contributed by atoms with E-state index < -0.39 is 0 Å². The molecular weight excluding hydrogens is 330 g/mol. The highest BCUT2D eigenvalue weighted by Crippen LogP contribution is 2.33. The minimum Gasteiger partial charge on any atom is -0.493 e. The first-order valence-electron chi connectivity index (χ1n) is 7.79. The lowest BCUT2D eigenvalue weighted by Crippen LogP contribution is -2.34. The molecule has 4 heteroatoms. The van der Waals surface area contributed by atoms with Crippen LogP contribution in [-0.4, -0.2) is 20.3 Å². The van der Waals surface area contributed by atoms with Crippen molar-refractivity contribution < 1.29 is 9.47 Å². The van der Waals surface area contributed by atoms with Gasteiger partial charge < -0.3 is 14.8 Å². The number of rotatable bonds is 6. The Morgan fingerprint density at radius 3 is 2.38 bits per heavy atom. The van der Waals surface area contributed by atoms with Crippen molar-refractivity contribution in [1.29, 1.82) is 0 Å². The largest absolute Gasteiger partial charge is 0.493 e. The number of hydrogen-bond acceptors (Lipinski definition) is 3.